The monoisotopic (exact) mass is 304 g/mol. The number of benzene rings is 1. The van der Waals surface area contributed by atoms with Gasteiger partial charge in [0, 0.05) is 18.4 Å². The van der Waals surface area contributed by atoms with Crippen LogP contribution in [-0.4, -0.2) is 51.0 Å². The summed E-state index contributed by atoms with van der Waals surface area (Å²) in [5.74, 6) is -1.65. The van der Waals surface area contributed by atoms with Crippen molar-refractivity contribution in [3.8, 4) is 5.69 Å². The minimum atomic E-state index is -1.49. The molecule has 2 aromatic rings. The Morgan fingerprint density at radius 2 is 1.86 bits per heavy atom. The standard InChI is InChI=1S/C14H16N4O4/c1-14(7-22-2,13(20)21)17-12(19)10-3-5-11(6-4-10)18-8-15-16-9-18/h3-6,8-9H,7H2,1-2H3,(H,17,19)(H,20,21). The van der Waals surface area contributed by atoms with Crippen LogP contribution in [0.4, 0.5) is 0 Å². The lowest BCUT2D eigenvalue weighted by atomic mass is 10.0. The van der Waals surface area contributed by atoms with E-state index in [0.717, 1.165) is 5.69 Å². The van der Waals surface area contributed by atoms with Crippen molar-refractivity contribution in [3.05, 3.63) is 42.5 Å². The summed E-state index contributed by atoms with van der Waals surface area (Å²) in [6.45, 7) is 1.26. The van der Waals surface area contributed by atoms with Crippen LogP contribution in [0.3, 0.4) is 0 Å². The van der Waals surface area contributed by atoms with Gasteiger partial charge in [0.1, 0.15) is 12.7 Å². The number of ether oxygens (including phenoxy) is 1. The van der Waals surface area contributed by atoms with Gasteiger partial charge in [0.05, 0.1) is 6.61 Å². The van der Waals surface area contributed by atoms with Crippen molar-refractivity contribution < 1.29 is 19.4 Å². The number of carboxylic acids is 1. The van der Waals surface area contributed by atoms with Gasteiger partial charge in [-0.3, -0.25) is 9.36 Å². The van der Waals surface area contributed by atoms with Gasteiger partial charge < -0.3 is 15.2 Å². The van der Waals surface area contributed by atoms with Crippen molar-refractivity contribution >= 4 is 11.9 Å². The number of methoxy groups -OCH3 is 1. The Morgan fingerprint density at radius 3 is 2.36 bits per heavy atom. The van der Waals surface area contributed by atoms with Crippen LogP contribution in [-0.2, 0) is 9.53 Å². The largest absolute Gasteiger partial charge is 0.479 e. The highest BCUT2D eigenvalue weighted by Gasteiger charge is 2.35. The number of aliphatic carboxylic acids is 1. The zero-order valence-electron chi connectivity index (χ0n) is 12.2. The van der Waals surface area contributed by atoms with Crippen molar-refractivity contribution in [2.75, 3.05) is 13.7 Å². The number of nitrogens with one attached hydrogen (secondary N) is 1. The van der Waals surface area contributed by atoms with Gasteiger partial charge >= 0.3 is 5.97 Å². The number of hydrogen-bond acceptors (Lipinski definition) is 5. The minimum absolute atomic E-state index is 0.132. The molecule has 0 aliphatic carbocycles. The smallest absolute Gasteiger partial charge is 0.331 e. The second kappa shape index (κ2) is 6.35. The van der Waals surface area contributed by atoms with Crippen molar-refractivity contribution in [2.24, 2.45) is 0 Å². The number of aromatic nitrogens is 3. The molecule has 0 fully saturated rings. The molecule has 1 unspecified atom stereocenters. The molecule has 1 aromatic carbocycles. The molecule has 8 nitrogen and oxygen atoms in total. The summed E-state index contributed by atoms with van der Waals surface area (Å²) in [6, 6.07) is 6.62. The maximum Gasteiger partial charge on any atom is 0.331 e. The SMILES string of the molecule is COCC(C)(NC(=O)c1ccc(-n2cnnc2)cc1)C(=O)O. The fraction of sp³-hybridized carbons (Fsp3) is 0.286. The van der Waals surface area contributed by atoms with E-state index in [-0.39, 0.29) is 6.61 Å². The van der Waals surface area contributed by atoms with E-state index >= 15 is 0 Å². The molecule has 0 aliphatic rings. The van der Waals surface area contributed by atoms with Crippen molar-refractivity contribution in [1.82, 2.24) is 20.1 Å². The summed E-state index contributed by atoms with van der Waals surface area (Å²) in [6.07, 6.45) is 3.07. The second-order valence-electron chi connectivity index (χ2n) is 4.94. The van der Waals surface area contributed by atoms with Crippen LogP contribution in [0.25, 0.3) is 5.69 Å². The number of rotatable bonds is 6. The second-order valence-corrected chi connectivity index (χ2v) is 4.94. The normalized spacial score (nSPS) is 13.4. The minimum Gasteiger partial charge on any atom is -0.479 e. The number of carbonyl (C=O) groups is 2. The van der Waals surface area contributed by atoms with Crippen LogP contribution < -0.4 is 5.32 Å². The first-order valence-corrected chi connectivity index (χ1v) is 6.46. The zero-order valence-corrected chi connectivity index (χ0v) is 12.2. The molecule has 0 spiro atoms. The first-order chi connectivity index (χ1) is 10.5. The summed E-state index contributed by atoms with van der Waals surface area (Å²) >= 11 is 0. The predicted molar refractivity (Wildman–Crippen MR) is 76.7 cm³/mol. The summed E-state index contributed by atoms with van der Waals surface area (Å²) in [7, 11) is 1.38. The highest BCUT2D eigenvalue weighted by atomic mass is 16.5. The van der Waals surface area contributed by atoms with E-state index in [1.165, 1.54) is 26.7 Å². The number of carboxylic acid groups (broad SMARTS) is 1. The number of nitrogens with zero attached hydrogens (tertiary/aromatic N) is 3. The molecule has 0 aliphatic heterocycles. The van der Waals surface area contributed by atoms with Crippen LogP contribution in [0.2, 0.25) is 0 Å². The third-order valence-electron chi connectivity index (χ3n) is 3.14. The van der Waals surface area contributed by atoms with Gasteiger partial charge in [-0.25, -0.2) is 4.79 Å². The molecule has 0 saturated carbocycles. The first kappa shape index (κ1) is 15.6. The molecular weight excluding hydrogens is 288 g/mol. The molecular formula is C14H16N4O4. The van der Waals surface area contributed by atoms with Gasteiger partial charge in [0.15, 0.2) is 5.54 Å². The van der Waals surface area contributed by atoms with E-state index in [2.05, 4.69) is 15.5 Å². The topological polar surface area (TPSA) is 106 Å². The Bertz CT molecular complexity index is 654. The van der Waals surface area contributed by atoms with Gasteiger partial charge in [-0.05, 0) is 31.2 Å². The third-order valence-corrected chi connectivity index (χ3v) is 3.14. The summed E-state index contributed by atoms with van der Waals surface area (Å²) in [5, 5.41) is 19.1. The number of carbonyl (C=O) groups excluding carboxylic acids is 1. The van der Waals surface area contributed by atoms with Crippen LogP contribution >= 0.6 is 0 Å². The lowest BCUT2D eigenvalue weighted by Crippen LogP contribution is -2.55. The first-order valence-electron chi connectivity index (χ1n) is 6.46. The molecule has 1 heterocycles. The highest BCUT2D eigenvalue weighted by Crippen LogP contribution is 2.11. The number of amides is 1. The molecule has 1 amide bonds. The number of hydrogen-bond donors (Lipinski definition) is 2. The quantitative estimate of drug-likeness (QED) is 0.804. The lowest BCUT2D eigenvalue weighted by Gasteiger charge is -2.25. The molecule has 1 atom stereocenters. The predicted octanol–water partition coefficient (Wildman–Crippen LogP) is 0.487. The van der Waals surface area contributed by atoms with E-state index < -0.39 is 17.4 Å². The molecule has 2 rings (SSSR count). The summed E-state index contributed by atoms with van der Waals surface area (Å²) in [5.41, 5.74) is -0.349. The van der Waals surface area contributed by atoms with Crippen molar-refractivity contribution in [2.45, 2.75) is 12.5 Å². The van der Waals surface area contributed by atoms with E-state index in [9.17, 15) is 14.7 Å². The molecule has 1 aromatic heterocycles. The fourth-order valence-electron chi connectivity index (χ4n) is 1.88. The molecule has 0 saturated heterocycles. The van der Waals surface area contributed by atoms with Crippen LogP contribution in [0.1, 0.15) is 17.3 Å². The Kier molecular flexibility index (Phi) is 4.52. The Labute approximate surface area is 126 Å². The van der Waals surface area contributed by atoms with Crippen LogP contribution in [0.5, 0.6) is 0 Å². The molecule has 8 heteroatoms. The van der Waals surface area contributed by atoms with Gasteiger partial charge in [-0.15, -0.1) is 10.2 Å². The van der Waals surface area contributed by atoms with Crippen molar-refractivity contribution in [1.29, 1.82) is 0 Å². The molecule has 116 valence electrons. The average molecular weight is 304 g/mol. The fourth-order valence-corrected chi connectivity index (χ4v) is 1.88. The summed E-state index contributed by atoms with van der Waals surface area (Å²) in [4.78, 5) is 23.5. The Hall–Kier alpha value is -2.74. The maximum absolute atomic E-state index is 12.2. The Morgan fingerprint density at radius 1 is 1.27 bits per heavy atom. The van der Waals surface area contributed by atoms with Gasteiger partial charge in [-0.2, -0.15) is 0 Å². The van der Waals surface area contributed by atoms with E-state index in [0.29, 0.717) is 5.56 Å². The molecule has 0 bridgehead atoms. The summed E-state index contributed by atoms with van der Waals surface area (Å²) < 4.78 is 6.55. The highest BCUT2D eigenvalue weighted by molar-refractivity contribution is 5.97. The van der Waals surface area contributed by atoms with E-state index in [1.807, 2.05) is 0 Å². The van der Waals surface area contributed by atoms with Crippen LogP contribution in [0, 0.1) is 0 Å². The van der Waals surface area contributed by atoms with Crippen molar-refractivity contribution in [3.63, 3.8) is 0 Å². The lowest BCUT2D eigenvalue weighted by molar-refractivity contribution is -0.145. The van der Waals surface area contributed by atoms with Gasteiger partial charge in [0.25, 0.3) is 5.91 Å². The van der Waals surface area contributed by atoms with Gasteiger partial charge in [0.2, 0.25) is 0 Å². The molecule has 2 N–H and O–H groups in total. The maximum atomic E-state index is 12.2. The molecule has 0 radical (unpaired) electrons. The van der Waals surface area contributed by atoms with E-state index in [4.69, 9.17) is 4.74 Å². The Balaban J connectivity index is 2.14. The molecule has 22 heavy (non-hydrogen) atoms. The average Bonchev–Trinajstić information content (AvgIpc) is 3.01. The van der Waals surface area contributed by atoms with Crippen LogP contribution in [0.15, 0.2) is 36.9 Å². The van der Waals surface area contributed by atoms with E-state index in [1.54, 1.807) is 28.8 Å². The zero-order chi connectivity index (χ0) is 16.2. The third kappa shape index (κ3) is 3.29. The van der Waals surface area contributed by atoms with Gasteiger partial charge in [-0.1, -0.05) is 0 Å².